The number of benzene rings is 3. The molecule has 3 aromatic carbocycles. The molecule has 1 unspecified atom stereocenters. The van der Waals surface area contributed by atoms with Gasteiger partial charge >= 0.3 is 0 Å². The van der Waals surface area contributed by atoms with E-state index in [1.807, 2.05) is 84.9 Å². The number of hydrogen-bond donors (Lipinski definition) is 0. The second-order valence-electron chi connectivity index (χ2n) is 7.15. The Morgan fingerprint density at radius 3 is 2.10 bits per heavy atom. The molecule has 0 saturated carbocycles. The quantitative estimate of drug-likeness (QED) is 0.562. The Bertz CT molecular complexity index is 1260. The normalized spacial score (nSPS) is 17.2. The van der Waals surface area contributed by atoms with Crippen molar-refractivity contribution in [2.75, 3.05) is 14.2 Å². The number of rotatable bonds is 5. The van der Waals surface area contributed by atoms with Gasteiger partial charge in [-0.15, -0.1) is 0 Å². The summed E-state index contributed by atoms with van der Waals surface area (Å²) in [4.78, 5) is 0. The van der Waals surface area contributed by atoms with Crippen LogP contribution in [0.4, 0.5) is 0 Å². The number of methoxy groups -OCH3 is 2. The van der Waals surface area contributed by atoms with Crippen molar-refractivity contribution in [1.82, 2.24) is 0 Å². The first kappa shape index (κ1) is 20.0. The molecule has 4 rings (SSSR count). The van der Waals surface area contributed by atoms with E-state index in [1.165, 1.54) is 0 Å². The van der Waals surface area contributed by atoms with Gasteiger partial charge in [-0.05, 0) is 58.2 Å². The lowest BCUT2D eigenvalue weighted by Gasteiger charge is -2.26. The first-order chi connectivity index (χ1) is 15.2. The Morgan fingerprint density at radius 2 is 1.48 bits per heavy atom. The zero-order chi connectivity index (χ0) is 21.8. The maximum Gasteiger partial charge on any atom is 0.134 e. The molecule has 0 amide bonds. The Hall–Kier alpha value is -4.28. The molecule has 150 valence electrons. The molecule has 1 aliphatic rings. The molecule has 0 radical (unpaired) electrons. The number of ether oxygens (including phenoxy) is 2. The molecule has 4 nitrogen and oxygen atoms in total. The van der Waals surface area contributed by atoms with Crippen LogP contribution in [0, 0.1) is 22.7 Å². The van der Waals surface area contributed by atoms with Crippen LogP contribution in [0.2, 0.25) is 0 Å². The third kappa shape index (κ3) is 3.25. The summed E-state index contributed by atoms with van der Waals surface area (Å²) in [5, 5.41) is 20.6. The largest absolute Gasteiger partial charge is 0.497 e. The Labute approximate surface area is 181 Å². The van der Waals surface area contributed by atoms with Crippen molar-refractivity contribution in [2.45, 2.75) is 5.41 Å². The van der Waals surface area contributed by atoms with E-state index in [-0.39, 0.29) is 0 Å². The van der Waals surface area contributed by atoms with E-state index in [0.717, 1.165) is 22.3 Å². The minimum absolute atomic E-state index is 0.488. The van der Waals surface area contributed by atoms with E-state index in [9.17, 15) is 10.5 Å². The summed E-state index contributed by atoms with van der Waals surface area (Å²) in [6.07, 6.45) is 3.82. The van der Waals surface area contributed by atoms with Gasteiger partial charge in [-0.1, -0.05) is 54.6 Å². The Balaban J connectivity index is 2.00. The van der Waals surface area contributed by atoms with Gasteiger partial charge in [0, 0.05) is 0 Å². The lowest BCUT2D eigenvalue weighted by atomic mass is 9.72. The molecule has 1 aliphatic carbocycles. The fourth-order valence-corrected chi connectivity index (χ4v) is 4.07. The van der Waals surface area contributed by atoms with Gasteiger partial charge in [0.1, 0.15) is 23.0 Å². The van der Waals surface area contributed by atoms with Gasteiger partial charge in [-0.3, -0.25) is 0 Å². The second kappa shape index (κ2) is 8.22. The molecule has 0 saturated heterocycles. The molecular weight excluding hydrogens is 384 g/mol. The SMILES string of the molecule is COc1ccc(C2(C#N)C(/C=C/c3ccccc3)=C(C#N)c3ccc(OC)cc32)cc1. The van der Waals surface area contributed by atoms with Gasteiger partial charge < -0.3 is 9.47 Å². The van der Waals surface area contributed by atoms with Gasteiger partial charge in [0.25, 0.3) is 0 Å². The summed E-state index contributed by atoms with van der Waals surface area (Å²) in [7, 11) is 3.19. The Morgan fingerprint density at radius 1 is 0.806 bits per heavy atom. The van der Waals surface area contributed by atoms with Crippen LogP contribution in [-0.2, 0) is 5.41 Å². The number of fused-ring (bicyclic) bond motifs is 1. The van der Waals surface area contributed by atoms with E-state index < -0.39 is 5.41 Å². The summed E-state index contributed by atoms with van der Waals surface area (Å²) in [5.41, 5.74) is 3.23. The van der Waals surface area contributed by atoms with Crippen LogP contribution in [0.25, 0.3) is 11.6 Å². The fourth-order valence-electron chi connectivity index (χ4n) is 4.07. The molecule has 0 spiro atoms. The highest BCUT2D eigenvalue weighted by Crippen LogP contribution is 2.51. The van der Waals surface area contributed by atoms with Gasteiger partial charge in [0.2, 0.25) is 0 Å². The predicted molar refractivity (Wildman–Crippen MR) is 120 cm³/mol. The minimum atomic E-state index is -1.15. The molecule has 4 heteroatoms. The lowest BCUT2D eigenvalue weighted by Crippen LogP contribution is -2.25. The summed E-state index contributed by atoms with van der Waals surface area (Å²) >= 11 is 0. The molecule has 0 fully saturated rings. The van der Waals surface area contributed by atoms with Gasteiger partial charge in [0.15, 0.2) is 0 Å². The first-order valence-corrected chi connectivity index (χ1v) is 9.80. The number of nitrogens with zero attached hydrogens (tertiary/aromatic N) is 2. The van der Waals surface area contributed by atoms with E-state index in [1.54, 1.807) is 14.2 Å². The molecule has 1 atom stereocenters. The van der Waals surface area contributed by atoms with Crippen molar-refractivity contribution in [3.63, 3.8) is 0 Å². The smallest absolute Gasteiger partial charge is 0.134 e. The molecule has 3 aromatic rings. The highest BCUT2D eigenvalue weighted by molar-refractivity contribution is 5.94. The second-order valence-corrected chi connectivity index (χ2v) is 7.15. The zero-order valence-electron chi connectivity index (χ0n) is 17.3. The highest BCUT2D eigenvalue weighted by Gasteiger charge is 2.46. The van der Waals surface area contributed by atoms with E-state index in [0.29, 0.717) is 22.6 Å². The Kier molecular flexibility index (Phi) is 5.31. The predicted octanol–water partition coefficient (Wildman–Crippen LogP) is 5.52. The lowest BCUT2D eigenvalue weighted by molar-refractivity contribution is 0.413. The molecule has 0 heterocycles. The van der Waals surface area contributed by atoms with E-state index >= 15 is 0 Å². The molecule has 0 bridgehead atoms. The molecule has 0 aliphatic heterocycles. The molecular formula is C27H20N2O2. The number of hydrogen-bond acceptors (Lipinski definition) is 4. The first-order valence-electron chi connectivity index (χ1n) is 9.80. The van der Waals surface area contributed by atoms with Crippen LogP contribution in [0.3, 0.4) is 0 Å². The third-order valence-electron chi connectivity index (χ3n) is 5.62. The average molecular weight is 404 g/mol. The minimum Gasteiger partial charge on any atom is -0.497 e. The van der Waals surface area contributed by atoms with Crippen LogP contribution < -0.4 is 9.47 Å². The van der Waals surface area contributed by atoms with Crippen molar-refractivity contribution < 1.29 is 9.47 Å². The maximum atomic E-state index is 10.6. The molecule has 0 N–H and O–H groups in total. The zero-order valence-corrected chi connectivity index (χ0v) is 17.3. The van der Waals surface area contributed by atoms with Crippen LogP contribution in [0.15, 0.2) is 84.4 Å². The summed E-state index contributed by atoms with van der Waals surface area (Å²) < 4.78 is 10.7. The third-order valence-corrected chi connectivity index (χ3v) is 5.62. The molecule has 0 aromatic heterocycles. The van der Waals surface area contributed by atoms with Crippen molar-refractivity contribution in [2.24, 2.45) is 0 Å². The van der Waals surface area contributed by atoms with Crippen molar-refractivity contribution in [3.8, 4) is 23.6 Å². The van der Waals surface area contributed by atoms with Crippen LogP contribution in [0.1, 0.15) is 22.3 Å². The number of allylic oxidation sites excluding steroid dienone is 3. The van der Waals surface area contributed by atoms with E-state index in [2.05, 4.69) is 12.1 Å². The molecule has 31 heavy (non-hydrogen) atoms. The fraction of sp³-hybridized carbons (Fsp3) is 0.111. The van der Waals surface area contributed by atoms with Gasteiger partial charge in [-0.2, -0.15) is 10.5 Å². The van der Waals surface area contributed by atoms with Crippen molar-refractivity contribution in [3.05, 3.63) is 107 Å². The summed E-state index contributed by atoms with van der Waals surface area (Å²) in [6.45, 7) is 0. The highest BCUT2D eigenvalue weighted by atomic mass is 16.5. The van der Waals surface area contributed by atoms with E-state index in [4.69, 9.17) is 9.47 Å². The van der Waals surface area contributed by atoms with Crippen LogP contribution in [-0.4, -0.2) is 14.2 Å². The van der Waals surface area contributed by atoms with Crippen molar-refractivity contribution in [1.29, 1.82) is 10.5 Å². The van der Waals surface area contributed by atoms with Crippen LogP contribution in [0.5, 0.6) is 11.5 Å². The number of nitriles is 2. The van der Waals surface area contributed by atoms with Crippen LogP contribution >= 0.6 is 0 Å². The monoisotopic (exact) mass is 404 g/mol. The standard InChI is InChI=1S/C27H20N2O2/c1-30-21-11-9-20(10-12-21)27(18-29)25(15-8-19-6-4-3-5-7-19)24(17-28)23-14-13-22(31-2)16-26(23)27/h3-16H,1-2H3/b15-8+. The summed E-state index contributed by atoms with van der Waals surface area (Å²) in [6, 6.07) is 27.6. The van der Waals surface area contributed by atoms with Gasteiger partial charge in [0.05, 0.1) is 25.9 Å². The summed E-state index contributed by atoms with van der Waals surface area (Å²) in [5.74, 6) is 1.34. The maximum absolute atomic E-state index is 10.6. The topological polar surface area (TPSA) is 66.0 Å². The van der Waals surface area contributed by atoms with Gasteiger partial charge in [-0.25, -0.2) is 0 Å². The van der Waals surface area contributed by atoms with Crippen molar-refractivity contribution >= 4 is 11.6 Å². The average Bonchev–Trinajstić information content (AvgIpc) is 3.12.